The van der Waals surface area contributed by atoms with Crippen molar-refractivity contribution in [1.82, 2.24) is 5.32 Å². The molecule has 2 atom stereocenters. The van der Waals surface area contributed by atoms with Gasteiger partial charge in [0.15, 0.2) is 0 Å². The van der Waals surface area contributed by atoms with Crippen LogP contribution in [-0.2, 0) is 0 Å². The highest BCUT2D eigenvalue weighted by molar-refractivity contribution is 5.31. The van der Waals surface area contributed by atoms with E-state index in [-0.39, 0.29) is 24.5 Å². The first kappa shape index (κ1) is 15.5. The summed E-state index contributed by atoms with van der Waals surface area (Å²) in [6.45, 7) is 1.82. The fourth-order valence-corrected chi connectivity index (χ4v) is 2.32. The fraction of sp³-hybridized carbons (Fsp3) is 0.294. The molecule has 2 aromatic carbocycles. The van der Waals surface area contributed by atoms with Crippen LogP contribution in [0.15, 0.2) is 48.5 Å². The van der Waals surface area contributed by atoms with E-state index in [1.54, 1.807) is 12.1 Å². The summed E-state index contributed by atoms with van der Waals surface area (Å²) in [7, 11) is 1.51. The topological polar surface area (TPSA) is 41.5 Å². The molecule has 0 saturated heterocycles. The molecule has 21 heavy (non-hydrogen) atoms. The Labute approximate surface area is 124 Å². The number of ether oxygens (including phenoxy) is 1. The van der Waals surface area contributed by atoms with Crippen LogP contribution >= 0.6 is 0 Å². The van der Waals surface area contributed by atoms with Gasteiger partial charge in [-0.15, -0.1) is 0 Å². The van der Waals surface area contributed by atoms with Crippen molar-refractivity contribution in [3.63, 3.8) is 0 Å². The summed E-state index contributed by atoms with van der Waals surface area (Å²) in [5, 5.41) is 12.8. The van der Waals surface area contributed by atoms with Gasteiger partial charge in [-0.1, -0.05) is 36.4 Å². The molecule has 0 amide bonds. The summed E-state index contributed by atoms with van der Waals surface area (Å²) >= 11 is 0. The van der Waals surface area contributed by atoms with Gasteiger partial charge in [0.25, 0.3) is 0 Å². The maximum Gasteiger partial charge on any atom is 0.131 e. The van der Waals surface area contributed by atoms with Crippen LogP contribution in [0.4, 0.5) is 4.39 Å². The molecule has 4 heteroatoms. The van der Waals surface area contributed by atoms with Gasteiger partial charge in [0.05, 0.1) is 19.8 Å². The number of methoxy groups -OCH3 is 1. The van der Waals surface area contributed by atoms with Crippen molar-refractivity contribution >= 4 is 0 Å². The molecule has 0 aliphatic heterocycles. The highest BCUT2D eigenvalue weighted by atomic mass is 19.1. The van der Waals surface area contributed by atoms with E-state index in [1.165, 1.54) is 13.2 Å². The second-order valence-electron chi connectivity index (χ2n) is 4.92. The van der Waals surface area contributed by atoms with E-state index in [4.69, 9.17) is 4.74 Å². The third-order valence-corrected chi connectivity index (χ3v) is 3.51. The highest BCUT2D eigenvalue weighted by Gasteiger charge is 2.17. The van der Waals surface area contributed by atoms with Gasteiger partial charge in [0.2, 0.25) is 0 Å². The molecule has 0 fully saturated rings. The number of rotatable bonds is 6. The van der Waals surface area contributed by atoms with Gasteiger partial charge in [0.1, 0.15) is 11.6 Å². The number of hydrogen-bond donors (Lipinski definition) is 2. The number of aliphatic hydroxyl groups excluding tert-OH is 1. The average molecular weight is 289 g/mol. The number of aliphatic hydroxyl groups is 1. The van der Waals surface area contributed by atoms with Crippen LogP contribution in [0.25, 0.3) is 0 Å². The van der Waals surface area contributed by atoms with E-state index in [1.807, 2.05) is 37.3 Å². The van der Waals surface area contributed by atoms with E-state index in [0.29, 0.717) is 11.3 Å². The first-order valence-electron chi connectivity index (χ1n) is 6.91. The molecule has 0 spiro atoms. The lowest BCUT2D eigenvalue weighted by molar-refractivity contribution is 0.234. The van der Waals surface area contributed by atoms with Gasteiger partial charge < -0.3 is 15.2 Å². The van der Waals surface area contributed by atoms with E-state index in [0.717, 1.165) is 5.56 Å². The molecule has 3 nitrogen and oxygen atoms in total. The Morgan fingerprint density at radius 1 is 1.19 bits per heavy atom. The van der Waals surface area contributed by atoms with Crippen molar-refractivity contribution in [1.29, 1.82) is 0 Å². The lowest BCUT2D eigenvalue weighted by Gasteiger charge is -2.23. The Morgan fingerprint density at radius 2 is 1.90 bits per heavy atom. The van der Waals surface area contributed by atoms with Crippen molar-refractivity contribution in [2.45, 2.75) is 19.0 Å². The zero-order chi connectivity index (χ0) is 15.2. The largest absolute Gasteiger partial charge is 0.497 e. The quantitative estimate of drug-likeness (QED) is 0.858. The third-order valence-electron chi connectivity index (χ3n) is 3.51. The van der Waals surface area contributed by atoms with Crippen LogP contribution in [0.1, 0.15) is 30.1 Å². The van der Waals surface area contributed by atoms with Crippen LogP contribution in [0.2, 0.25) is 0 Å². The zero-order valence-corrected chi connectivity index (χ0v) is 12.2. The highest BCUT2D eigenvalue weighted by Crippen LogP contribution is 2.24. The number of benzene rings is 2. The molecule has 2 rings (SSSR count). The maximum atomic E-state index is 14.1. The molecule has 0 saturated carbocycles. The molecule has 0 bridgehead atoms. The minimum atomic E-state index is -0.320. The zero-order valence-electron chi connectivity index (χ0n) is 12.2. The molecule has 0 aromatic heterocycles. The van der Waals surface area contributed by atoms with Gasteiger partial charge in [0, 0.05) is 17.7 Å². The first-order valence-corrected chi connectivity index (χ1v) is 6.91. The van der Waals surface area contributed by atoms with Crippen LogP contribution in [0.3, 0.4) is 0 Å². The molecular formula is C17H20FNO2. The van der Waals surface area contributed by atoms with Gasteiger partial charge >= 0.3 is 0 Å². The minimum Gasteiger partial charge on any atom is -0.497 e. The number of halogens is 1. The summed E-state index contributed by atoms with van der Waals surface area (Å²) in [4.78, 5) is 0. The second-order valence-corrected chi connectivity index (χ2v) is 4.92. The molecule has 112 valence electrons. The summed E-state index contributed by atoms with van der Waals surface area (Å²) in [6.07, 6.45) is 0. The molecule has 0 aliphatic carbocycles. The number of nitrogens with one attached hydrogen (secondary N) is 1. The van der Waals surface area contributed by atoms with Gasteiger partial charge in [-0.05, 0) is 18.6 Å². The van der Waals surface area contributed by atoms with E-state index in [9.17, 15) is 9.50 Å². The van der Waals surface area contributed by atoms with Gasteiger partial charge in [-0.25, -0.2) is 4.39 Å². The molecule has 2 aromatic rings. The van der Waals surface area contributed by atoms with Crippen LogP contribution < -0.4 is 10.1 Å². The second kappa shape index (κ2) is 7.20. The SMILES string of the molecule is COc1ccc(C(C)NC(CO)c2ccccc2)c(F)c1. The van der Waals surface area contributed by atoms with Gasteiger partial charge in [-0.3, -0.25) is 0 Å². The van der Waals surface area contributed by atoms with E-state index < -0.39 is 0 Å². The molecule has 2 unspecified atom stereocenters. The number of hydrogen-bond acceptors (Lipinski definition) is 3. The van der Waals surface area contributed by atoms with Crippen molar-refractivity contribution in [2.24, 2.45) is 0 Å². The Morgan fingerprint density at radius 3 is 2.48 bits per heavy atom. The average Bonchev–Trinajstić information content (AvgIpc) is 2.53. The smallest absolute Gasteiger partial charge is 0.131 e. The lowest BCUT2D eigenvalue weighted by Crippen LogP contribution is -2.27. The van der Waals surface area contributed by atoms with Crippen molar-refractivity contribution in [2.75, 3.05) is 13.7 Å². The van der Waals surface area contributed by atoms with Crippen LogP contribution in [0, 0.1) is 5.82 Å². The Hall–Kier alpha value is -1.91. The first-order chi connectivity index (χ1) is 10.2. The summed E-state index contributed by atoms with van der Waals surface area (Å²) in [5.74, 6) is 0.171. The Balaban J connectivity index is 2.14. The fourth-order valence-electron chi connectivity index (χ4n) is 2.32. The molecule has 0 heterocycles. The van der Waals surface area contributed by atoms with Gasteiger partial charge in [-0.2, -0.15) is 0 Å². The summed E-state index contributed by atoms with van der Waals surface area (Å²) in [5.41, 5.74) is 1.52. The summed E-state index contributed by atoms with van der Waals surface area (Å²) < 4.78 is 19.1. The van der Waals surface area contributed by atoms with Crippen molar-refractivity contribution < 1.29 is 14.2 Å². The van der Waals surface area contributed by atoms with E-state index in [2.05, 4.69) is 5.32 Å². The monoisotopic (exact) mass is 289 g/mol. The standard InChI is InChI=1S/C17H20FNO2/c1-12(15-9-8-14(21-2)10-16(15)18)19-17(11-20)13-6-4-3-5-7-13/h3-10,12,17,19-20H,11H2,1-2H3. The van der Waals surface area contributed by atoms with E-state index >= 15 is 0 Å². The normalized spacial score (nSPS) is 13.7. The molecule has 0 radical (unpaired) electrons. The lowest BCUT2D eigenvalue weighted by atomic mass is 10.0. The predicted molar refractivity (Wildman–Crippen MR) is 80.8 cm³/mol. The summed E-state index contributed by atoms with van der Waals surface area (Å²) in [6, 6.07) is 14.0. The Kier molecular flexibility index (Phi) is 5.31. The third kappa shape index (κ3) is 3.80. The Bertz CT molecular complexity index is 574. The predicted octanol–water partition coefficient (Wildman–Crippen LogP) is 3.22. The minimum absolute atomic E-state index is 0.0495. The van der Waals surface area contributed by atoms with Crippen LogP contribution in [0.5, 0.6) is 5.75 Å². The molecule has 0 aliphatic rings. The maximum absolute atomic E-state index is 14.1. The molecule has 2 N–H and O–H groups in total. The van der Waals surface area contributed by atoms with Crippen molar-refractivity contribution in [3.05, 3.63) is 65.5 Å². The van der Waals surface area contributed by atoms with Crippen molar-refractivity contribution in [3.8, 4) is 5.75 Å². The molecular weight excluding hydrogens is 269 g/mol. The van der Waals surface area contributed by atoms with Crippen LogP contribution in [-0.4, -0.2) is 18.8 Å².